The maximum atomic E-state index is 6.42. The third-order valence-corrected chi connectivity index (χ3v) is 10.8. The average molecular weight is 692 g/mol. The van der Waals surface area contributed by atoms with Crippen molar-refractivity contribution in [1.29, 1.82) is 0 Å². The third kappa shape index (κ3) is 5.52. The molecule has 2 nitrogen and oxygen atoms in total. The van der Waals surface area contributed by atoms with Gasteiger partial charge in [-0.3, -0.25) is 0 Å². The largest absolute Gasteiger partial charge is 0.456 e. The molecule has 10 rings (SSSR count). The van der Waals surface area contributed by atoms with Gasteiger partial charge in [-0.1, -0.05) is 164 Å². The van der Waals surface area contributed by atoms with Gasteiger partial charge < -0.3 is 9.32 Å². The number of benzene rings is 8. The zero-order chi connectivity index (χ0) is 35.8. The highest BCUT2D eigenvalue weighted by atomic mass is 16.3. The zero-order valence-electron chi connectivity index (χ0n) is 29.8. The van der Waals surface area contributed by atoms with E-state index in [1.54, 1.807) is 0 Å². The Morgan fingerprint density at radius 3 is 1.65 bits per heavy atom. The van der Waals surface area contributed by atoms with Gasteiger partial charge in [0.1, 0.15) is 11.2 Å². The summed E-state index contributed by atoms with van der Waals surface area (Å²) in [6.45, 7) is 0. The molecule has 0 atom stereocenters. The lowest BCUT2D eigenvalue weighted by Gasteiger charge is -2.32. The van der Waals surface area contributed by atoms with Gasteiger partial charge in [-0.2, -0.15) is 0 Å². The van der Waals surface area contributed by atoms with Gasteiger partial charge >= 0.3 is 0 Å². The minimum atomic E-state index is 0.888. The number of anilines is 3. The summed E-state index contributed by atoms with van der Waals surface area (Å²) >= 11 is 0. The number of hydrogen-bond donors (Lipinski definition) is 0. The Balaban J connectivity index is 1.26. The summed E-state index contributed by atoms with van der Waals surface area (Å²) in [5.41, 5.74) is 14.8. The van der Waals surface area contributed by atoms with E-state index in [4.69, 9.17) is 4.42 Å². The van der Waals surface area contributed by atoms with E-state index in [1.807, 2.05) is 12.1 Å². The van der Waals surface area contributed by atoms with Crippen molar-refractivity contribution in [2.24, 2.45) is 0 Å². The van der Waals surface area contributed by atoms with E-state index in [9.17, 15) is 0 Å². The van der Waals surface area contributed by atoms with Crippen LogP contribution in [0.2, 0.25) is 0 Å². The van der Waals surface area contributed by atoms with Gasteiger partial charge in [0.25, 0.3) is 0 Å². The molecule has 0 amide bonds. The first-order valence-electron chi connectivity index (χ1n) is 18.7. The lowest BCUT2D eigenvalue weighted by molar-refractivity contribution is 0.669. The molecule has 54 heavy (non-hydrogen) atoms. The molecular weight excluding hydrogens is 655 g/mol. The van der Waals surface area contributed by atoms with Gasteiger partial charge in [0.05, 0.1) is 17.1 Å². The molecule has 0 fully saturated rings. The summed E-state index contributed by atoms with van der Waals surface area (Å²) in [7, 11) is 0. The number of fused-ring (bicyclic) bond motifs is 4. The average Bonchev–Trinajstić information content (AvgIpc) is 3.63. The highest BCUT2D eigenvalue weighted by molar-refractivity contribution is 6.06. The van der Waals surface area contributed by atoms with Crippen molar-refractivity contribution in [3.05, 3.63) is 210 Å². The standard InChI is InChI=1S/C52H37NO/c1-3-17-36(18-4-1)40-23-7-11-29-47(40)53(48-30-12-8-24-41(48)39-33-34-45-44-26-10-14-32-50(44)54-51(45)35-39)49-31-13-9-25-43(49)46-28-16-22-38-21-15-27-42(52(38)46)37-19-5-2-6-20-37/h1-15,17-27,29-35H,16,28H2. The molecule has 0 unspecified atom stereocenters. The van der Waals surface area contributed by atoms with Crippen molar-refractivity contribution in [2.75, 3.05) is 4.90 Å². The molecule has 9 aromatic rings. The monoisotopic (exact) mass is 691 g/mol. The maximum Gasteiger partial charge on any atom is 0.136 e. The fraction of sp³-hybridized carbons (Fsp3) is 0.0385. The van der Waals surface area contributed by atoms with Crippen LogP contribution in [0.4, 0.5) is 17.1 Å². The molecule has 1 aliphatic carbocycles. The van der Waals surface area contributed by atoms with Crippen LogP contribution in [-0.4, -0.2) is 0 Å². The number of para-hydroxylation sites is 4. The van der Waals surface area contributed by atoms with E-state index >= 15 is 0 Å². The number of rotatable bonds is 7. The van der Waals surface area contributed by atoms with E-state index in [-0.39, 0.29) is 0 Å². The second-order valence-electron chi connectivity index (χ2n) is 13.9. The second-order valence-corrected chi connectivity index (χ2v) is 13.9. The first kappa shape index (κ1) is 31.8. The van der Waals surface area contributed by atoms with Gasteiger partial charge in [-0.15, -0.1) is 0 Å². The van der Waals surface area contributed by atoms with Crippen LogP contribution in [0, 0.1) is 0 Å². The van der Waals surface area contributed by atoms with Crippen LogP contribution in [-0.2, 0) is 0 Å². The minimum Gasteiger partial charge on any atom is -0.456 e. The molecule has 0 aliphatic heterocycles. The highest BCUT2D eigenvalue weighted by Crippen LogP contribution is 2.47. The Morgan fingerprint density at radius 2 is 0.926 bits per heavy atom. The van der Waals surface area contributed by atoms with Crippen LogP contribution in [0.15, 0.2) is 199 Å². The van der Waals surface area contributed by atoms with Crippen LogP contribution in [0.1, 0.15) is 18.4 Å². The Bertz CT molecular complexity index is 2940. The summed E-state index contributed by atoms with van der Waals surface area (Å²) in [5.74, 6) is 0. The Labute approximate surface area is 315 Å². The molecule has 1 aliphatic rings. The van der Waals surface area contributed by atoms with E-state index in [0.717, 1.165) is 63.0 Å². The molecule has 0 saturated heterocycles. The van der Waals surface area contributed by atoms with Crippen molar-refractivity contribution in [2.45, 2.75) is 12.8 Å². The molecular formula is C52H37NO. The van der Waals surface area contributed by atoms with Crippen molar-refractivity contribution < 1.29 is 4.42 Å². The van der Waals surface area contributed by atoms with Crippen LogP contribution < -0.4 is 15.3 Å². The normalized spacial score (nSPS) is 12.4. The smallest absolute Gasteiger partial charge is 0.136 e. The fourth-order valence-electron chi connectivity index (χ4n) is 8.35. The quantitative estimate of drug-likeness (QED) is 0.165. The molecule has 0 radical (unpaired) electrons. The van der Waals surface area contributed by atoms with Gasteiger partial charge in [0.2, 0.25) is 0 Å². The predicted molar refractivity (Wildman–Crippen MR) is 227 cm³/mol. The fourth-order valence-corrected chi connectivity index (χ4v) is 8.35. The summed E-state index contributed by atoms with van der Waals surface area (Å²) in [4.78, 5) is 2.49. The van der Waals surface area contributed by atoms with Gasteiger partial charge in [-0.05, 0) is 87.5 Å². The second kappa shape index (κ2) is 13.6. The molecule has 0 saturated carbocycles. The van der Waals surface area contributed by atoms with E-state index < -0.39 is 0 Å². The lowest BCUT2D eigenvalue weighted by Crippen LogP contribution is -2.32. The maximum absolute atomic E-state index is 6.42. The zero-order valence-corrected chi connectivity index (χ0v) is 29.8. The first-order valence-corrected chi connectivity index (χ1v) is 18.7. The Hall–Kier alpha value is -6.90. The molecule has 8 aromatic carbocycles. The van der Waals surface area contributed by atoms with Crippen LogP contribution in [0.3, 0.4) is 0 Å². The first-order chi connectivity index (χ1) is 26.8. The van der Waals surface area contributed by atoms with Crippen LogP contribution >= 0.6 is 0 Å². The molecule has 2 heteroatoms. The number of hydrogen-bond acceptors (Lipinski definition) is 2. The van der Waals surface area contributed by atoms with Gasteiger partial charge in [0.15, 0.2) is 0 Å². The van der Waals surface area contributed by atoms with Crippen molar-refractivity contribution >= 4 is 50.6 Å². The SMILES string of the molecule is C1=c2cccc(-c3ccccc3)c2=C(c2ccccc2N(c2ccccc2-c2ccccc2)c2ccccc2-c2ccc3c(c2)oc2ccccc23)CC1. The van der Waals surface area contributed by atoms with Crippen LogP contribution in [0.5, 0.6) is 0 Å². The summed E-state index contributed by atoms with van der Waals surface area (Å²) < 4.78 is 6.42. The molecule has 256 valence electrons. The van der Waals surface area contributed by atoms with E-state index in [0.29, 0.717) is 0 Å². The lowest BCUT2D eigenvalue weighted by atomic mass is 9.88. The summed E-state index contributed by atoms with van der Waals surface area (Å²) in [5, 5.41) is 4.88. The summed E-state index contributed by atoms with van der Waals surface area (Å²) in [6.07, 6.45) is 4.34. The predicted octanol–water partition coefficient (Wildman–Crippen LogP) is 12.8. The summed E-state index contributed by atoms with van der Waals surface area (Å²) in [6, 6.07) is 69.9. The minimum absolute atomic E-state index is 0.888. The van der Waals surface area contributed by atoms with Crippen molar-refractivity contribution in [1.82, 2.24) is 0 Å². The number of nitrogens with zero attached hydrogens (tertiary/aromatic N) is 1. The van der Waals surface area contributed by atoms with Crippen LogP contribution in [0.25, 0.3) is 67.0 Å². The van der Waals surface area contributed by atoms with E-state index in [1.165, 1.54) is 43.8 Å². The van der Waals surface area contributed by atoms with Gasteiger partial charge in [0, 0.05) is 27.5 Å². The molecule has 0 bridgehead atoms. The number of furan rings is 1. The molecule has 1 aromatic heterocycles. The molecule has 0 spiro atoms. The molecule has 1 heterocycles. The van der Waals surface area contributed by atoms with E-state index in [2.05, 4.69) is 193 Å². The topological polar surface area (TPSA) is 16.4 Å². The molecule has 0 N–H and O–H groups in total. The van der Waals surface area contributed by atoms with Gasteiger partial charge in [-0.25, -0.2) is 0 Å². The van der Waals surface area contributed by atoms with Crippen molar-refractivity contribution in [3.8, 4) is 33.4 Å². The third-order valence-electron chi connectivity index (χ3n) is 10.8. The Kier molecular flexibility index (Phi) is 8.00. The highest BCUT2D eigenvalue weighted by Gasteiger charge is 2.25. The van der Waals surface area contributed by atoms with Crippen molar-refractivity contribution in [3.63, 3.8) is 0 Å². The Morgan fingerprint density at radius 1 is 0.389 bits per heavy atom.